The standard InChI is InChI=1S/C17H27BrN2O/c1-12(2)19-8-15-5-6-16(17(18)7-15)10-20-9-14(4)21-11-13(20)3/h5-7,12-14,19H,8-11H2,1-4H3. The molecule has 0 radical (unpaired) electrons. The van der Waals surface area contributed by atoms with Gasteiger partial charge in [0.15, 0.2) is 0 Å². The molecule has 1 aromatic rings. The summed E-state index contributed by atoms with van der Waals surface area (Å²) >= 11 is 3.73. The maximum absolute atomic E-state index is 5.70. The van der Waals surface area contributed by atoms with Crippen LogP contribution in [0, 0.1) is 0 Å². The lowest BCUT2D eigenvalue weighted by atomic mass is 10.1. The van der Waals surface area contributed by atoms with Crippen LogP contribution in [0.25, 0.3) is 0 Å². The number of benzene rings is 1. The zero-order valence-electron chi connectivity index (χ0n) is 13.5. The van der Waals surface area contributed by atoms with E-state index in [0.29, 0.717) is 18.2 Å². The molecule has 1 aromatic carbocycles. The summed E-state index contributed by atoms with van der Waals surface area (Å²) in [4.78, 5) is 2.50. The molecule has 21 heavy (non-hydrogen) atoms. The van der Waals surface area contributed by atoms with Crippen LogP contribution in [0.2, 0.25) is 0 Å². The van der Waals surface area contributed by atoms with Gasteiger partial charge in [-0.3, -0.25) is 4.90 Å². The zero-order valence-corrected chi connectivity index (χ0v) is 15.1. The minimum absolute atomic E-state index is 0.328. The van der Waals surface area contributed by atoms with Gasteiger partial charge in [-0.2, -0.15) is 0 Å². The lowest BCUT2D eigenvalue weighted by molar-refractivity contribution is -0.0527. The van der Waals surface area contributed by atoms with Crippen LogP contribution >= 0.6 is 15.9 Å². The maximum Gasteiger partial charge on any atom is 0.0674 e. The van der Waals surface area contributed by atoms with E-state index in [1.54, 1.807) is 0 Å². The van der Waals surface area contributed by atoms with Crippen LogP contribution in [0.5, 0.6) is 0 Å². The van der Waals surface area contributed by atoms with Crippen LogP contribution in [-0.4, -0.2) is 36.2 Å². The van der Waals surface area contributed by atoms with Crippen LogP contribution in [0.4, 0.5) is 0 Å². The number of hydrogen-bond donors (Lipinski definition) is 1. The van der Waals surface area contributed by atoms with E-state index in [4.69, 9.17) is 4.74 Å². The first-order valence-corrected chi connectivity index (χ1v) is 8.61. The van der Waals surface area contributed by atoms with Crippen molar-refractivity contribution >= 4 is 15.9 Å². The smallest absolute Gasteiger partial charge is 0.0674 e. The maximum atomic E-state index is 5.70. The molecule has 1 heterocycles. The fourth-order valence-electron chi connectivity index (χ4n) is 2.56. The predicted octanol–water partition coefficient (Wildman–Crippen LogP) is 3.56. The fourth-order valence-corrected chi connectivity index (χ4v) is 3.11. The lowest BCUT2D eigenvalue weighted by Crippen LogP contribution is -2.46. The molecule has 0 aromatic heterocycles. The second kappa shape index (κ2) is 7.73. The van der Waals surface area contributed by atoms with Gasteiger partial charge >= 0.3 is 0 Å². The number of nitrogens with zero attached hydrogens (tertiary/aromatic N) is 1. The summed E-state index contributed by atoms with van der Waals surface area (Å²) in [7, 11) is 0. The number of halogens is 1. The van der Waals surface area contributed by atoms with Crippen molar-refractivity contribution < 1.29 is 4.74 Å². The number of ether oxygens (including phenoxy) is 1. The minimum atomic E-state index is 0.328. The van der Waals surface area contributed by atoms with Crippen molar-refractivity contribution in [3.05, 3.63) is 33.8 Å². The Balaban J connectivity index is 2.00. The molecule has 4 heteroatoms. The topological polar surface area (TPSA) is 24.5 Å². The number of morpholine rings is 1. The van der Waals surface area contributed by atoms with Crippen molar-refractivity contribution in [2.75, 3.05) is 13.2 Å². The van der Waals surface area contributed by atoms with Gasteiger partial charge in [0, 0.05) is 36.2 Å². The Bertz CT molecular complexity index is 464. The number of rotatable bonds is 5. The molecule has 2 atom stereocenters. The Morgan fingerprint density at radius 1 is 1.38 bits per heavy atom. The van der Waals surface area contributed by atoms with Gasteiger partial charge in [0.2, 0.25) is 0 Å². The highest BCUT2D eigenvalue weighted by Gasteiger charge is 2.23. The van der Waals surface area contributed by atoms with Crippen molar-refractivity contribution in [3.8, 4) is 0 Å². The summed E-state index contributed by atoms with van der Waals surface area (Å²) < 4.78 is 6.91. The molecule has 2 unspecified atom stereocenters. The minimum Gasteiger partial charge on any atom is -0.376 e. The van der Waals surface area contributed by atoms with Crippen molar-refractivity contribution in [2.24, 2.45) is 0 Å². The molecule has 1 aliphatic heterocycles. The summed E-state index contributed by atoms with van der Waals surface area (Å²) in [6.07, 6.45) is 0.328. The highest BCUT2D eigenvalue weighted by Crippen LogP contribution is 2.23. The lowest BCUT2D eigenvalue weighted by Gasteiger charge is -2.37. The third-order valence-corrected chi connectivity index (χ3v) is 4.68. The van der Waals surface area contributed by atoms with E-state index in [2.05, 4.69) is 72.0 Å². The van der Waals surface area contributed by atoms with Gasteiger partial charge in [0.1, 0.15) is 0 Å². The average Bonchev–Trinajstić information content (AvgIpc) is 2.43. The van der Waals surface area contributed by atoms with E-state index in [-0.39, 0.29) is 0 Å². The normalized spacial score (nSPS) is 23.7. The van der Waals surface area contributed by atoms with Gasteiger partial charge < -0.3 is 10.1 Å². The Morgan fingerprint density at radius 2 is 2.14 bits per heavy atom. The first kappa shape index (κ1) is 16.9. The van der Waals surface area contributed by atoms with Gasteiger partial charge in [-0.15, -0.1) is 0 Å². The van der Waals surface area contributed by atoms with Gasteiger partial charge in [-0.25, -0.2) is 0 Å². The third kappa shape index (κ3) is 5.06. The second-order valence-electron chi connectivity index (χ2n) is 6.38. The van der Waals surface area contributed by atoms with E-state index in [1.165, 1.54) is 15.6 Å². The Morgan fingerprint density at radius 3 is 2.81 bits per heavy atom. The molecule has 1 N–H and O–H groups in total. The highest BCUT2D eigenvalue weighted by atomic mass is 79.9. The molecular weight excluding hydrogens is 328 g/mol. The molecule has 118 valence electrons. The van der Waals surface area contributed by atoms with Crippen molar-refractivity contribution in [1.29, 1.82) is 0 Å². The van der Waals surface area contributed by atoms with Crippen molar-refractivity contribution in [1.82, 2.24) is 10.2 Å². The molecule has 0 spiro atoms. The molecule has 0 bridgehead atoms. The largest absolute Gasteiger partial charge is 0.376 e. The Hall–Kier alpha value is -0.420. The molecule has 1 saturated heterocycles. The number of hydrogen-bond acceptors (Lipinski definition) is 3. The summed E-state index contributed by atoms with van der Waals surface area (Å²) in [5, 5.41) is 3.45. The quantitative estimate of drug-likeness (QED) is 0.874. The summed E-state index contributed by atoms with van der Waals surface area (Å²) in [6, 6.07) is 7.70. The average molecular weight is 355 g/mol. The van der Waals surface area contributed by atoms with E-state index in [9.17, 15) is 0 Å². The third-order valence-electron chi connectivity index (χ3n) is 3.94. The predicted molar refractivity (Wildman–Crippen MR) is 91.4 cm³/mol. The van der Waals surface area contributed by atoms with Crippen LogP contribution in [0.1, 0.15) is 38.8 Å². The second-order valence-corrected chi connectivity index (χ2v) is 7.24. The van der Waals surface area contributed by atoms with Crippen LogP contribution < -0.4 is 5.32 Å². The van der Waals surface area contributed by atoms with E-state index >= 15 is 0 Å². The molecule has 0 aliphatic carbocycles. The Labute approximate surface area is 137 Å². The van der Waals surface area contributed by atoms with Crippen molar-refractivity contribution in [2.45, 2.75) is 59.0 Å². The molecule has 1 fully saturated rings. The first-order valence-electron chi connectivity index (χ1n) is 7.82. The molecular formula is C17H27BrN2O. The summed E-state index contributed by atoms with van der Waals surface area (Å²) in [5.41, 5.74) is 2.67. The summed E-state index contributed by atoms with van der Waals surface area (Å²) in [5.74, 6) is 0. The van der Waals surface area contributed by atoms with Crippen LogP contribution in [0.15, 0.2) is 22.7 Å². The van der Waals surface area contributed by atoms with Gasteiger partial charge in [0.05, 0.1) is 12.7 Å². The van der Waals surface area contributed by atoms with Crippen LogP contribution in [0.3, 0.4) is 0 Å². The molecule has 0 saturated carbocycles. The van der Waals surface area contributed by atoms with E-state index in [1.807, 2.05) is 0 Å². The molecule has 3 nitrogen and oxygen atoms in total. The fraction of sp³-hybridized carbons (Fsp3) is 0.647. The highest BCUT2D eigenvalue weighted by molar-refractivity contribution is 9.10. The first-order chi connectivity index (χ1) is 9.95. The van der Waals surface area contributed by atoms with E-state index in [0.717, 1.165) is 26.2 Å². The van der Waals surface area contributed by atoms with Gasteiger partial charge in [0.25, 0.3) is 0 Å². The molecule has 2 rings (SSSR count). The Kier molecular flexibility index (Phi) is 6.23. The number of nitrogens with one attached hydrogen (secondary N) is 1. The van der Waals surface area contributed by atoms with Crippen LogP contribution in [-0.2, 0) is 17.8 Å². The molecule has 1 aliphatic rings. The molecule has 0 amide bonds. The van der Waals surface area contributed by atoms with E-state index < -0.39 is 0 Å². The van der Waals surface area contributed by atoms with Gasteiger partial charge in [-0.1, -0.05) is 41.9 Å². The summed E-state index contributed by atoms with van der Waals surface area (Å²) in [6.45, 7) is 12.5. The van der Waals surface area contributed by atoms with Crippen molar-refractivity contribution in [3.63, 3.8) is 0 Å². The zero-order chi connectivity index (χ0) is 15.4. The monoisotopic (exact) mass is 354 g/mol. The SMILES string of the molecule is CC(C)NCc1ccc(CN2CC(C)OCC2C)c(Br)c1. The van der Waals surface area contributed by atoms with Gasteiger partial charge in [-0.05, 0) is 31.0 Å².